The molecule has 1 aromatic heterocycles. The van der Waals surface area contributed by atoms with Gasteiger partial charge in [0.2, 0.25) is 0 Å². The van der Waals surface area contributed by atoms with Crippen LogP contribution in [0.4, 0.5) is 0 Å². The fraction of sp³-hybridized carbons (Fsp3) is 0.250. The molecule has 7 heteroatoms. The molecular formula is C16H14BrNO4S. The van der Waals surface area contributed by atoms with Crippen LogP contribution in [0.3, 0.4) is 0 Å². The molecule has 23 heavy (non-hydrogen) atoms. The molecule has 3 rings (SSSR count). The molecule has 5 nitrogen and oxygen atoms in total. The molecule has 0 fully saturated rings. The van der Waals surface area contributed by atoms with Crippen molar-refractivity contribution < 1.29 is 19.0 Å². The van der Waals surface area contributed by atoms with Gasteiger partial charge in [0, 0.05) is 21.5 Å². The zero-order chi connectivity index (χ0) is 16.2. The number of fused-ring (bicyclic) bond motifs is 1. The van der Waals surface area contributed by atoms with E-state index >= 15 is 0 Å². The number of halogens is 1. The summed E-state index contributed by atoms with van der Waals surface area (Å²) in [5, 5.41) is 2.84. The lowest BCUT2D eigenvalue weighted by Gasteiger charge is -2.19. The standard InChI is InChI=1S/C16H14BrNO4S/c1-10-18-12(9-23-10)2-3-16(19)22-8-11-6-14-15(7-13(11)17)21-5-4-20-14/h2-3,6-7,9H,4-5,8H2,1H3/b3-2+. The molecule has 0 radical (unpaired) electrons. The van der Waals surface area contributed by atoms with E-state index in [9.17, 15) is 4.79 Å². The molecule has 2 aromatic rings. The van der Waals surface area contributed by atoms with Crippen molar-refractivity contribution in [1.29, 1.82) is 0 Å². The summed E-state index contributed by atoms with van der Waals surface area (Å²) in [6.07, 6.45) is 3.02. The van der Waals surface area contributed by atoms with E-state index in [1.807, 2.05) is 24.4 Å². The number of esters is 1. The molecule has 0 unspecified atom stereocenters. The lowest BCUT2D eigenvalue weighted by atomic mass is 10.2. The predicted octanol–water partition coefficient (Wildman–Crippen LogP) is 3.74. The fourth-order valence-corrected chi connectivity index (χ4v) is 3.04. The van der Waals surface area contributed by atoms with Crippen molar-refractivity contribution in [3.8, 4) is 11.5 Å². The van der Waals surface area contributed by atoms with E-state index in [2.05, 4.69) is 20.9 Å². The topological polar surface area (TPSA) is 57.7 Å². The minimum atomic E-state index is -0.419. The summed E-state index contributed by atoms with van der Waals surface area (Å²) >= 11 is 4.99. The maximum Gasteiger partial charge on any atom is 0.331 e. The van der Waals surface area contributed by atoms with Gasteiger partial charge in [0.1, 0.15) is 19.8 Å². The van der Waals surface area contributed by atoms with E-state index in [-0.39, 0.29) is 6.61 Å². The SMILES string of the molecule is Cc1nc(/C=C/C(=O)OCc2cc3c(cc2Br)OCCO3)cs1. The number of benzene rings is 1. The van der Waals surface area contributed by atoms with Crippen LogP contribution in [0.1, 0.15) is 16.3 Å². The van der Waals surface area contributed by atoms with Crippen LogP contribution in [-0.4, -0.2) is 24.2 Å². The van der Waals surface area contributed by atoms with E-state index in [0.29, 0.717) is 24.7 Å². The summed E-state index contributed by atoms with van der Waals surface area (Å²) in [6, 6.07) is 3.64. The highest BCUT2D eigenvalue weighted by atomic mass is 79.9. The normalized spacial score (nSPS) is 13.3. The third-order valence-corrected chi connectivity index (χ3v) is 4.64. The number of hydrogen-bond donors (Lipinski definition) is 0. The van der Waals surface area contributed by atoms with Crippen molar-refractivity contribution in [2.24, 2.45) is 0 Å². The molecule has 1 aliphatic rings. The quantitative estimate of drug-likeness (QED) is 0.582. The van der Waals surface area contributed by atoms with Gasteiger partial charge in [0.25, 0.3) is 0 Å². The zero-order valence-electron chi connectivity index (χ0n) is 12.4. The first-order chi connectivity index (χ1) is 11.1. The first-order valence-corrected chi connectivity index (χ1v) is 8.64. The number of nitrogens with zero attached hydrogens (tertiary/aromatic N) is 1. The van der Waals surface area contributed by atoms with Crippen LogP contribution in [0, 0.1) is 6.92 Å². The highest BCUT2D eigenvalue weighted by Crippen LogP contribution is 2.35. The lowest BCUT2D eigenvalue weighted by molar-refractivity contribution is -0.138. The monoisotopic (exact) mass is 395 g/mol. The van der Waals surface area contributed by atoms with Crippen LogP contribution in [0.15, 0.2) is 28.1 Å². The Morgan fingerprint density at radius 1 is 1.39 bits per heavy atom. The van der Waals surface area contributed by atoms with Crippen molar-refractivity contribution >= 4 is 39.3 Å². The van der Waals surface area contributed by atoms with Gasteiger partial charge < -0.3 is 14.2 Å². The smallest absolute Gasteiger partial charge is 0.331 e. The number of carbonyl (C=O) groups excluding carboxylic acids is 1. The van der Waals surface area contributed by atoms with E-state index in [1.54, 1.807) is 6.08 Å². The molecule has 0 saturated carbocycles. The molecule has 0 amide bonds. The van der Waals surface area contributed by atoms with Crippen molar-refractivity contribution in [1.82, 2.24) is 4.98 Å². The van der Waals surface area contributed by atoms with E-state index in [4.69, 9.17) is 14.2 Å². The van der Waals surface area contributed by atoms with Crippen molar-refractivity contribution in [2.75, 3.05) is 13.2 Å². The maximum absolute atomic E-state index is 11.8. The number of carbonyl (C=O) groups is 1. The van der Waals surface area contributed by atoms with Gasteiger partial charge in [-0.25, -0.2) is 9.78 Å². The summed E-state index contributed by atoms with van der Waals surface area (Å²) in [5.41, 5.74) is 1.57. The molecule has 0 aliphatic carbocycles. The Hall–Kier alpha value is -1.86. The van der Waals surface area contributed by atoms with Gasteiger partial charge >= 0.3 is 5.97 Å². The Kier molecular flexibility index (Phi) is 4.97. The summed E-state index contributed by atoms with van der Waals surface area (Å²) in [7, 11) is 0. The lowest BCUT2D eigenvalue weighted by Crippen LogP contribution is -2.15. The average molecular weight is 396 g/mol. The highest BCUT2D eigenvalue weighted by molar-refractivity contribution is 9.10. The molecule has 1 aromatic carbocycles. The van der Waals surface area contributed by atoms with Gasteiger partial charge in [0.05, 0.1) is 10.7 Å². The first kappa shape index (κ1) is 16.0. The van der Waals surface area contributed by atoms with Crippen LogP contribution < -0.4 is 9.47 Å². The molecular weight excluding hydrogens is 382 g/mol. The van der Waals surface area contributed by atoms with Crippen LogP contribution in [-0.2, 0) is 16.1 Å². The number of hydrogen-bond acceptors (Lipinski definition) is 6. The second-order valence-corrected chi connectivity index (χ2v) is 6.74. The number of aromatic nitrogens is 1. The number of ether oxygens (including phenoxy) is 3. The Labute approximate surface area is 146 Å². The molecule has 0 saturated heterocycles. The Balaban J connectivity index is 1.61. The van der Waals surface area contributed by atoms with Crippen molar-refractivity contribution in [3.63, 3.8) is 0 Å². The Morgan fingerprint density at radius 2 is 2.13 bits per heavy atom. The van der Waals surface area contributed by atoms with Crippen LogP contribution in [0.25, 0.3) is 6.08 Å². The molecule has 1 aliphatic heterocycles. The minimum Gasteiger partial charge on any atom is -0.486 e. The maximum atomic E-state index is 11.8. The first-order valence-electron chi connectivity index (χ1n) is 6.97. The third kappa shape index (κ3) is 4.11. The summed E-state index contributed by atoms with van der Waals surface area (Å²) in [5.74, 6) is 0.938. The Bertz CT molecular complexity index is 757. The average Bonchev–Trinajstić information content (AvgIpc) is 2.96. The molecule has 0 spiro atoms. The largest absolute Gasteiger partial charge is 0.486 e. The van der Waals surface area contributed by atoms with E-state index in [1.165, 1.54) is 17.4 Å². The number of aryl methyl sites for hydroxylation is 1. The Morgan fingerprint density at radius 3 is 2.83 bits per heavy atom. The van der Waals surface area contributed by atoms with Crippen LogP contribution in [0.5, 0.6) is 11.5 Å². The summed E-state index contributed by atoms with van der Waals surface area (Å²) in [4.78, 5) is 16.0. The number of thiazole rings is 1. The van der Waals surface area contributed by atoms with Crippen molar-refractivity contribution in [3.05, 3.63) is 44.3 Å². The third-order valence-electron chi connectivity index (χ3n) is 3.11. The second-order valence-electron chi connectivity index (χ2n) is 4.82. The highest BCUT2D eigenvalue weighted by Gasteiger charge is 2.15. The van der Waals surface area contributed by atoms with Gasteiger partial charge in [-0.15, -0.1) is 11.3 Å². The van der Waals surface area contributed by atoms with Crippen LogP contribution in [0.2, 0.25) is 0 Å². The molecule has 2 heterocycles. The molecule has 0 bridgehead atoms. The minimum absolute atomic E-state index is 0.149. The van der Waals surface area contributed by atoms with E-state index in [0.717, 1.165) is 20.7 Å². The fourth-order valence-electron chi connectivity index (χ4n) is 2.02. The summed E-state index contributed by atoms with van der Waals surface area (Å²) < 4.78 is 17.1. The predicted molar refractivity (Wildman–Crippen MR) is 90.8 cm³/mol. The molecule has 0 N–H and O–H groups in total. The zero-order valence-corrected chi connectivity index (χ0v) is 14.8. The molecule has 120 valence electrons. The van der Waals surface area contributed by atoms with Gasteiger partial charge in [-0.1, -0.05) is 15.9 Å². The number of rotatable bonds is 4. The van der Waals surface area contributed by atoms with Gasteiger partial charge in [-0.2, -0.15) is 0 Å². The summed E-state index contributed by atoms with van der Waals surface area (Å²) in [6.45, 7) is 3.12. The van der Waals surface area contributed by atoms with Gasteiger partial charge in [-0.3, -0.25) is 0 Å². The van der Waals surface area contributed by atoms with E-state index < -0.39 is 5.97 Å². The second kappa shape index (κ2) is 7.14. The molecule has 0 atom stereocenters. The van der Waals surface area contributed by atoms with Crippen LogP contribution >= 0.6 is 27.3 Å². The van der Waals surface area contributed by atoms with Gasteiger partial charge in [-0.05, 0) is 25.1 Å². The van der Waals surface area contributed by atoms with Crippen molar-refractivity contribution in [2.45, 2.75) is 13.5 Å². The van der Waals surface area contributed by atoms with Gasteiger partial charge in [0.15, 0.2) is 11.5 Å².